The van der Waals surface area contributed by atoms with Crippen LogP contribution in [0, 0.1) is 0 Å². The zero-order chi connectivity index (χ0) is 20.1. The van der Waals surface area contributed by atoms with Gasteiger partial charge in [-0.15, -0.1) is 0 Å². The Labute approximate surface area is 166 Å². The minimum Gasteiger partial charge on any atom is -0.396 e. The molecule has 0 saturated carbocycles. The first-order valence-corrected chi connectivity index (χ1v) is 10.7. The maximum Gasteiger partial charge on any atom is 0.107 e. The van der Waals surface area contributed by atoms with E-state index in [9.17, 15) is 0 Å². The molecule has 0 aromatic carbocycles. The van der Waals surface area contributed by atoms with Crippen molar-refractivity contribution >= 4 is 0 Å². The van der Waals surface area contributed by atoms with Crippen LogP contribution in [-0.4, -0.2) is 127 Å². The van der Waals surface area contributed by atoms with Crippen LogP contribution in [0.4, 0.5) is 0 Å². The van der Waals surface area contributed by atoms with Crippen molar-refractivity contribution in [3.8, 4) is 0 Å². The first kappa shape index (κ1) is 24.8. The minimum atomic E-state index is -0.163. The van der Waals surface area contributed by atoms with Crippen LogP contribution in [0.2, 0.25) is 0 Å². The first-order chi connectivity index (χ1) is 12.9. The van der Waals surface area contributed by atoms with Gasteiger partial charge in [-0.1, -0.05) is 0 Å². The molecule has 3 aliphatic rings. The number of piperazine rings is 1. The van der Waals surface area contributed by atoms with E-state index < -0.39 is 0 Å². The molecule has 1 atom stereocenters. The van der Waals surface area contributed by atoms with Crippen molar-refractivity contribution in [2.45, 2.75) is 50.9 Å². The van der Waals surface area contributed by atoms with E-state index in [0.717, 1.165) is 65.0 Å². The fourth-order valence-electron chi connectivity index (χ4n) is 3.42. The van der Waals surface area contributed by atoms with E-state index in [1.165, 1.54) is 25.9 Å². The third-order valence-corrected chi connectivity index (χ3v) is 5.65. The summed E-state index contributed by atoms with van der Waals surface area (Å²) in [4.78, 5) is 8.99. The second-order valence-electron chi connectivity index (χ2n) is 8.21. The summed E-state index contributed by atoms with van der Waals surface area (Å²) in [5.41, 5.74) is 0. The fraction of sp³-hybridized carbons (Fsp3) is 1.00. The van der Waals surface area contributed by atoms with Crippen LogP contribution in [0.5, 0.6) is 0 Å². The molecule has 0 spiro atoms. The van der Waals surface area contributed by atoms with Crippen molar-refractivity contribution < 1.29 is 15.3 Å². The molecule has 0 bridgehead atoms. The highest BCUT2D eigenvalue weighted by molar-refractivity contribution is 4.69. The molecule has 7 heteroatoms. The van der Waals surface area contributed by atoms with Crippen LogP contribution < -0.4 is 0 Å². The monoisotopic (exact) mass is 388 g/mol. The molecule has 27 heavy (non-hydrogen) atoms. The van der Waals surface area contributed by atoms with Gasteiger partial charge in [0, 0.05) is 59.0 Å². The Bertz CT molecular complexity index is 323. The van der Waals surface area contributed by atoms with Gasteiger partial charge in [0.15, 0.2) is 0 Å². The van der Waals surface area contributed by atoms with Gasteiger partial charge in [0.2, 0.25) is 0 Å². The molecule has 0 aromatic rings. The molecule has 3 N–H and O–H groups in total. The molecular formula is C20H44N4O3. The molecule has 3 fully saturated rings. The molecule has 0 amide bonds. The fourth-order valence-corrected chi connectivity index (χ4v) is 3.42. The smallest absolute Gasteiger partial charge is 0.107 e. The lowest BCUT2D eigenvalue weighted by atomic mass is 10.1. The van der Waals surface area contributed by atoms with E-state index in [0.29, 0.717) is 6.61 Å². The van der Waals surface area contributed by atoms with Crippen LogP contribution in [-0.2, 0) is 0 Å². The Hall–Kier alpha value is -0.280. The van der Waals surface area contributed by atoms with E-state index in [2.05, 4.69) is 28.8 Å². The third kappa shape index (κ3) is 12.0. The molecule has 3 aliphatic heterocycles. The molecule has 162 valence electrons. The Morgan fingerprint density at radius 2 is 1.33 bits per heavy atom. The number of piperidine rings is 2. The number of rotatable bonds is 3. The Kier molecular flexibility index (Phi) is 13.5. The predicted molar refractivity (Wildman–Crippen MR) is 111 cm³/mol. The zero-order valence-electron chi connectivity index (χ0n) is 17.9. The number of hydrogen-bond acceptors (Lipinski definition) is 7. The summed E-state index contributed by atoms with van der Waals surface area (Å²) in [5, 5.41) is 26.7. The van der Waals surface area contributed by atoms with Gasteiger partial charge >= 0.3 is 0 Å². The molecule has 3 heterocycles. The van der Waals surface area contributed by atoms with E-state index in [4.69, 9.17) is 15.3 Å². The quantitative estimate of drug-likeness (QED) is 0.634. The van der Waals surface area contributed by atoms with Gasteiger partial charge in [0.1, 0.15) is 6.23 Å². The number of aliphatic hydroxyl groups excluding tert-OH is 3. The molecule has 7 nitrogen and oxygen atoms in total. The maximum absolute atomic E-state index is 9.10. The van der Waals surface area contributed by atoms with E-state index in [-0.39, 0.29) is 12.3 Å². The van der Waals surface area contributed by atoms with E-state index >= 15 is 0 Å². The highest BCUT2D eigenvalue weighted by Gasteiger charge is 2.14. The maximum atomic E-state index is 9.10. The zero-order valence-corrected chi connectivity index (χ0v) is 17.9. The number of nitrogens with zero attached hydrogens (tertiary/aromatic N) is 4. The number of likely N-dealkylation sites (tertiary alicyclic amines) is 2. The van der Waals surface area contributed by atoms with Crippen LogP contribution in [0.15, 0.2) is 0 Å². The van der Waals surface area contributed by atoms with Gasteiger partial charge in [0.05, 0.1) is 6.10 Å². The van der Waals surface area contributed by atoms with Crippen LogP contribution in [0.1, 0.15) is 38.5 Å². The number of hydrogen-bond donors (Lipinski definition) is 3. The van der Waals surface area contributed by atoms with Crippen molar-refractivity contribution in [3.63, 3.8) is 0 Å². The SMILES string of the molecule is CN1CCC(O)CC1.CN1CCCCC1O.CN1CCN(CCCO)CC1. The lowest BCUT2D eigenvalue weighted by Crippen LogP contribution is -2.44. The van der Waals surface area contributed by atoms with Gasteiger partial charge in [0.25, 0.3) is 0 Å². The normalized spacial score (nSPS) is 26.7. The first-order valence-electron chi connectivity index (χ1n) is 10.7. The molecule has 3 saturated heterocycles. The largest absolute Gasteiger partial charge is 0.396 e. The second-order valence-corrected chi connectivity index (χ2v) is 8.21. The van der Waals surface area contributed by atoms with Crippen LogP contribution in [0.25, 0.3) is 0 Å². The van der Waals surface area contributed by atoms with Crippen molar-refractivity contribution in [1.82, 2.24) is 19.6 Å². The number of aliphatic hydroxyl groups is 3. The van der Waals surface area contributed by atoms with Gasteiger partial charge in [-0.2, -0.15) is 0 Å². The Balaban J connectivity index is 0.000000206. The van der Waals surface area contributed by atoms with Crippen molar-refractivity contribution in [1.29, 1.82) is 0 Å². The lowest BCUT2D eigenvalue weighted by Gasteiger charge is -2.32. The molecule has 3 rings (SSSR count). The molecule has 0 aromatic heterocycles. The van der Waals surface area contributed by atoms with Gasteiger partial charge < -0.3 is 30.0 Å². The average molecular weight is 389 g/mol. The topological polar surface area (TPSA) is 73.7 Å². The number of likely N-dealkylation sites (N-methyl/N-ethyl adjacent to an activating group) is 1. The third-order valence-electron chi connectivity index (χ3n) is 5.65. The van der Waals surface area contributed by atoms with E-state index in [1.54, 1.807) is 0 Å². The average Bonchev–Trinajstić information content (AvgIpc) is 2.67. The highest BCUT2D eigenvalue weighted by atomic mass is 16.3. The van der Waals surface area contributed by atoms with Crippen LogP contribution >= 0.6 is 0 Å². The standard InChI is InChI=1S/C8H18N2O.2C6H13NO/c1-9-4-6-10(7-5-9)3-2-8-11;1-7-4-2-6(8)3-5-7;1-7-5-3-2-4-6(7)8/h11H,2-8H2,1H3;2*6,8H,2-5H2,1H3. The van der Waals surface area contributed by atoms with Crippen molar-refractivity contribution in [2.24, 2.45) is 0 Å². The molecule has 1 unspecified atom stereocenters. The summed E-state index contributed by atoms with van der Waals surface area (Å²) < 4.78 is 0. The predicted octanol–water partition coefficient (Wildman–Crippen LogP) is 0.110. The summed E-state index contributed by atoms with van der Waals surface area (Å²) in [5.74, 6) is 0. The van der Waals surface area contributed by atoms with Gasteiger partial charge in [-0.05, 0) is 59.7 Å². The highest BCUT2D eigenvalue weighted by Crippen LogP contribution is 2.11. The second kappa shape index (κ2) is 14.7. The minimum absolute atomic E-state index is 0.0220. The van der Waals surface area contributed by atoms with Gasteiger partial charge in [-0.3, -0.25) is 4.90 Å². The summed E-state index contributed by atoms with van der Waals surface area (Å²) in [6.45, 7) is 9.23. The van der Waals surface area contributed by atoms with Crippen molar-refractivity contribution in [2.75, 3.05) is 80.1 Å². The van der Waals surface area contributed by atoms with Crippen LogP contribution in [0.3, 0.4) is 0 Å². The summed E-state index contributed by atoms with van der Waals surface area (Å²) in [7, 11) is 6.21. The molecule has 0 aliphatic carbocycles. The molecule has 0 radical (unpaired) electrons. The Morgan fingerprint density at radius 1 is 0.741 bits per heavy atom. The van der Waals surface area contributed by atoms with E-state index in [1.807, 2.05) is 11.9 Å². The van der Waals surface area contributed by atoms with Gasteiger partial charge in [-0.25, -0.2) is 0 Å². The summed E-state index contributed by atoms with van der Waals surface area (Å²) >= 11 is 0. The molecular weight excluding hydrogens is 344 g/mol. The Morgan fingerprint density at radius 3 is 1.78 bits per heavy atom. The van der Waals surface area contributed by atoms with Crippen molar-refractivity contribution in [3.05, 3.63) is 0 Å². The summed E-state index contributed by atoms with van der Waals surface area (Å²) in [6, 6.07) is 0. The summed E-state index contributed by atoms with van der Waals surface area (Å²) in [6.07, 6.45) is 6.03. The lowest BCUT2D eigenvalue weighted by molar-refractivity contribution is -0.00578.